The van der Waals surface area contributed by atoms with E-state index in [4.69, 9.17) is 13.8 Å². The fraction of sp³-hybridized carbons (Fsp3) is 0.114. The molecule has 0 amide bonds. The zero-order valence-electron chi connectivity index (χ0n) is 21.7. The third kappa shape index (κ3) is 3.71. The number of hydrogen-bond donors (Lipinski definition) is 0. The van der Waals surface area contributed by atoms with Crippen LogP contribution in [0.25, 0.3) is 66.7 Å². The van der Waals surface area contributed by atoms with Crippen molar-refractivity contribution >= 4 is 33.0 Å². The molecule has 0 aliphatic rings. The van der Waals surface area contributed by atoms with E-state index in [0.29, 0.717) is 5.89 Å². The highest BCUT2D eigenvalue weighted by molar-refractivity contribution is 6.09. The van der Waals surface area contributed by atoms with Crippen molar-refractivity contribution in [2.45, 2.75) is 26.2 Å². The van der Waals surface area contributed by atoms with Gasteiger partial charge in [0.25, 0.3) is 0 Å². The molecular formula is C35H27NO2. The maximum absolute atomic E-state index is 6.36. The average molecular weight is 494 g/mol. The molecule has 2 aromatic heterocycles. The zero-order valence-corrected chi connectivity index (χ0v) is 21.7. The topological polar surface area (TPSA) is 39.2 Å². The summed E-state index contributed by atoms with van der Waals surface area (Å²) < 4.78 is 12.6. The molecule has 2 heterocycles. The highest BCUT2D eigenvalue weighted by Gasteiger charge is 2.17. The van der Waals surface area contributed by atoms with Crippen LogP contribution in [0.2, 0.25) is 0 Å². The molecule has 5 aromatic carbocycles. The van der Waals surface area contributed by atoms with Gasteiger partial charge in [-0.2, -0.15) is 0 Å². The van der Waals surface area contributed by atoms with Crippen LogP contribution in [-0.4, -0.2) is 4.98 Å². The number of furan rings is 1. The molecule has 0 bridgehead atoms. The Morgan fingerprint density at radius 1 is 0.526 bits per heavy atom. The van der Waals surface area contributed by atoms with E-state index in [9.17, 15) is 0 Å². The quantitative estimate of drug-likeness (QED) is 0.246. The van der Waals surface area contributed by atoms with Gasteiger partial charge in [0.05, 0.1) is 0 Å². The molecule has 38 heavy (non-hydrogen) atoms. The van der Waals surface area contributed by atoms with Crippen LogP contribution < -0.4 is 0 Å². The smallest absolute Gasteiger partial charge is 0.227 e. The van der Waals surface area contributed by atoms with Crippen LogP contribution in [0.4, 0.5) is 0 Å². The summed E-state index contributed by atoms with van der Waals surface area (Å²) in [5.41, 5.74) is 10.2. The SMILES string of the molecule is CC(C)(C)c1ccc(-c2cccc3nc(-c4ccc(-c5cccc6c5oc5ccccc56)cc4)oc23)cc1. The Labute approximate surface area is 221 Å². The van der Waals surface area contributed by atoms with Crippen LogP contribution in [0.5, 0.6) is 0 Å². The van der Waals surface area contributed by atoms with Gasteiger partial charge in [-0.3, -0.25) is 0 Å². The monoisotopic (exact) mass is 493 g/mol. The number of benzene rings is 5. The molecule has 0 atom stereocenters. The summed E-state index contributed by atoms with van der Waals surface area (Å²) in [5, 5.41) is 2.26. The van der Waals surface area contributed by atoms with Gasteiger partial charge in [0.1, 0.15) is 16.7 Å². The van der Waals surface area contributed by atoms with E-state index >= 15 is 0 Å². The van der Waals surface area contributed by atoms with Gasteiger partial charge in [-0.25, -0.2) is 4.98 Å². The maximum Gasteiger partial charge on any atom is 0.227 e. The Morgan fingerprint density at radius 3 is 1.87 bits per heavy atom. The van der Waals surface area contributed by atoms with Gasteiger partial charge in [0, 0.05) is 27.5 Å². The number of para-hydroxylation sites is 3. The van der Waals surface area contributed by atoms with Crippen LogP contribution in [-0.2, 0) is 5.41 Å². The van der Waals surface area contributed by atoms with Crippen molar-refractivity contribution in [2.75, 3.05) is 0 Å². The van der Waals surface area contributed by atoms with E-state index < -0.39 is 0 Å². The molecule has 3 nitrogen and oxygen atoms in total. The molecule has 3 heteroatoms. The summed E-state index contributed by atoms with van der Waals surface area (Å²) in [6.45, 7) is 6.69. The second kappa shape index (κ2) is 8.46. The van der Waals surface area contributed by atoms with Crippen molar-refractivity contribution in [3.05, 3.63) is 115 Å². The first-order valence-corrected chi connectivity index (χ1v) is 13.0. The Balaban J connectivity index is 1.26. The van der Waals surface area contributed by atoms with Gasteiger partial charge in [-0.1, -0.05) is 106 Å². The third-order valence-corrected chi connectivity index (χ3v) is 7.32. The van der Waals surface area contributed by atoms with Crippen LogP contribution in [0.1, 0.15) is 26.3 Å². The standard InChI is InChI=1S/C35H27NO2/c1-35(2,3)25-20-18-23(19-21-25)27-10-7-12-30-33(27)38-34(36-30)24-16-14-22(15-17-24)26-9-6-11-29-28-8-4-5-13-31(28)37-32(26)29/h4-21H,1-3H3. The number of rotatable bonds is 3. The van der Waals surface area contributed by atoms with Gasteiger partial charge in [0.2, 0.25) is 5.89 Å². The molecule has 0 N–H and O–H groups in total. The Kier molecular flexibility index (Phi) is 5.02. The Hall–Kier alpha value is -4.63. The largest absolute Gasteiger partial charge is 0.455 e. The zero-order chi connectivity index (χ0) is 25.9. The molecule has 7 rings (SSSR count). The summed E-state index contributed by atoms with van der Waals surface area (Å²) in [4.78, 5) is 4.82. The van der Waals surface area contributed by atoms with E-state index in [-0.39, 0.29) is 5.41 Å². The van der Waals surface area contributed by atoms with Crippen molar-refractivity contribution in [3.63, 3.8) is 0 Å². The van der Waals surface area contributed by atoms with Gasteiger partial charge in [-0.05, 0) is 46.4 Å². The van der Waals surface area contributed by atoms with Crippen LogP contribution in [0, 0.1) is 0 Å². The molecule has 7 aromatic rings. The molecule has 0 aliphatic heterocycles. The second-order valence-electron chi connectivity index (χ2n) is 10.9. The number of fused-ring (bicyclic) bond motifs is 4. The van der Waals surface area contributed by atoms with Gasteiger partial charge < -0.3 is 8.83 Å². The lowest BCUT2D eigenvalue weighted by atomic mass is 9.86. The second-order valence-corrected chi connectivity index (χ2v) is 10.9. The lowest BCUT2D eigenvalue weighted by molar-refractivity contribution is 0.590. The first-order valence-electron chi connectivity index (χ1n) is 13.0. The molecule has 0 aliphatic carbocycles. The van der Waals surface area contributed by atoms with Crippen molar-refractivity contribution in [3.8, 4) is 33.7 Å². The molecule has 0 saturated carbocycles. The normalized spacial score (nSPS) is 12.1. The molecule has 0 saturated heterocycles. The van der Waals surface area contributed by atoms with E-state index in [1.54, 1.807) is 0 Å². The van der Waals surface area contributed by atoms with Gasteiger partial charge >= 0.3 is 0 Å². The molecule has 0 unspecified atom stereocenters. The first-order chi connectivity index (χ1) is 18.5. The lowest BCUT2D eigenvalue weighted by Crippen LogP contribution is -2.10. The highest BCUT2D eigenvalue weighted by atomic mass is 16.3. The van der Waals surface area contributed by atoms with E-state index in [1.165, 1.54) is 5.56 Å². The van der Waals surface area contributed by atoms with Crippen LogP contribution in [0.15, 0.2) is 118 Å². The van der Waals surface area contributed by atoms with Crippen molar-refractivity contribution in [1.82, 2.24) is 4.98 Å². The third-order valence-electron chi connectivity index (χ3n) is 7.32. The van der Waals surface area contributed by atoms with E-state index in [0.717, 1.165) is 60.9 Å². The minimum atomic E-state index is 0.117. The molecule has 0 fully saturated rings. The molecule has 184 valence electrons. The summed E-state index contributed by atoms with van der Waals surface area (Å²) in [6.07, 6.45) is 0. The summed E-state index contributed by atoms with van der Waals surface area (Å²) in [5.74, 6) is 0.618. The van der Waals surface area contributed by atoms with Crippen LogP contribution >= 0.6 is 0 Å². The predicted molar refractivity (Wildman–Crippen MR) is 156 cm³/mol. The average Bonchev–Trinajstić information content (AvgIpc) is 3.54. The summed E-state index contributed by atoms with van der Waals surface area (Å²) in [6, 6.07) is 37.7. The molecule has 0 spiro atoms. The molecular weight excluding hydrogens is 466 g/mol. The Bertz CT molecular complexity index is 1930. The van der Waals surface area contributed by atoms with Crippen LogP contribution in [0.3, 0.4) is 0 Å². The number of aromatic nitrogens is 1. The summed E-state index contributed by atoms with van der Waals surface area (Å²) >= 11 is 0. The molecule has 0 radical (unpaired) electrons. The van der Waals surface area contributed by atoms with Gasteiger partial charge in [-0.15, -0.1) is 0 Å². The predicted octanol–water partition coefficient (Wildman–Crippen LogP) is 10.0. The fourth-order valence-electron chi connectivity index (χ4n) is 5.22. The Morgan fingerprint density at radius 2 is 1.13 bits per heavy atom. The number of oxazole rings is 1. The van der Waals surface area contributed by atoms with E-state index in [2.05, 4.69) is 99.6 Å². The number of nitrogens with zero attached hydrogens (tertiary/aromatic N) is 1. The lowest BCUT2D eigenvalue weighted by Gasteiger charge is -2.19. The first kappa shape index (κ1) is 22.6. The van der Waals surface area contributed by atoms with Gasteiger partial charge in [0.15, 0.2) is 5.58 Å². The fourth-order valence-corrected chi connectivity index (χ4v) is 5.22. The minimum absolute atomic E-state index is 0.117. The van der Waals surface area contributed by atoms with Crippen molar-refractivity contribution in [1.29, 1.82) is 0 Å². The highest BCUT2D eigenvalue weighted by Crippen LogP contribution is 2.37. The van der Waals surface area contributed by atoms with Crippen molar-refractivity contribution in [2.24, 2.45) is 0 Å². The number of hydrogen-bond acceptors (Lipinski definition) is 3. The minimum Gasteiger partial charge on any atom is -0.455 e. The van der Waals surface area contributed by atoms with E-state index in [1.807, 2.05) is 30.3 Å². The summed E-state index contributed by atoms with van der Waals surface area (Å²) in [7, 11) is 0. The van der Waals surface area contributed by atoms with Crippen molar-refractivity contribution < 1.29 is 8.83 Å². The maximum atomic E-state index is 6.36.